The number of aliphatic imine (C=N–C) groups is 1. The minimum atomic E-state index is -0.684. The molecule has 1 aromatic carbocycles. The van der Waals surface area contributed by atoms with Gasteiger partial charge in [-0.1, -0.05) is 12.1 Å². The lowest BCUT2D eigenvalue weighted by Gasteiger charge is -2.00. The number of ether oxygens (including phenoxy) is 1. The van der Waals surface area contributed by atoms with Crippen molar-refractivity contribution in [3.63, 3.8) is 0 Å². The van der Waals surface area contributed by atoms with Gasteiger partial charge in [0.1, 0.15) is 11.3 Å². The lowest BCUT2D eigenvalue weighted by Crippen LogP contribution is -2.11. The Morgan fingerprint density at radius 3 is 2.81 bits per heavy atom. The Morgan fingerprint density at radius 1 is 1.48 bits per heavy atom. The number of aliphatic hydroxyl groups is 1. The summed E-state index contributed by atoms with van der Waals surface area (Å²) in [5.74, 6) is -0.984. The second-order valence-electron chi connectivity index (χ2n) is 4.29. The van der Waals surface area contributed by atoms with Crippen LogP contribution in [0.4, 0.5) is 5.69 Å². The molecule has 0 spiro atoms. The fourth-order valence-corrected chi connectivity index (χ4v) is 1.92. The molecule has 0 saturated carbocycles. The molecule has 108 valence electrons. The van der Waals surface area contributed by atoms with Crippen molar-refractivity contribution in [2.24, 2.45) is 4.99 Å². The van der Waals surface area contributed by atoms with Crippen molar-refractivity contribution in [2.75, 3.05) is 7.11 Å². The monoisotopic (exact) mass is 288 g/mol. The van der Waals surface area contributed by atoms with Crippen molar-refractivity contribution < 1.29 is 19.6 Å². The van der Waals surface area contributed by atoms with Crippen LogP contribution in [0.25, 0.3) is 6.08 Å². The molecule has 0 aliphatic carbocycles. The molecule has 0 bridgehead atoms. The smallest absolute Gasteiger partial charge is 0.343 e. The van der Waals surface area contributed by atoms with Gasteiger partial charge in [-0.3, -0.25) is 10.1 Å². The van der Waals surface area contributed by atoms with Gasteiger partial charge < -0.3 is 9.84 Å². The maximum Gasteiger partial charge on any atom is 0.343 e. The number of rotatable bonds is 3. The maximum atomic E-state index is 11.5. The topological polar surface area (TPSA) is 102 Å². The standard InChI is InChI=1S/C14H12N2O5/c1-8-12(14(18)21-2)13(17)11(15-8)7-9-4-3-5-10(6-9)16(19)20/h3-7,17H,1-2H3/b11-7+. The van der Waals surface area contributed by atoms with Gasteiger partial charge >= 0.3 is 5.97 Å². The number of hydrogen-bond donors (Lipinski definition) is 1. The first-order chi connectivity index (χ1) is 9.93. The highest BCUT2D eigenvalue weighted by Crippen LogP contribution is 2.27. The van der Waals surface area contributed by atoms with E-state index in [-0.39, 0.29) is 22.7 Å². The largest absolute Gasteiger partial charge is 0.505 e. The zero-order valence-electron chi connectivity index (χ0n) is 11.4. The van der Waals surface area contributed by atoms with Gasteiger partial charge in [0.2, 0.25) is 0 Å². The molecule has 1 N–H and O–H groups in total. The highest BCUT2D eigenvalue weighted by Gasteiger charge is 2.27. The molecule has 0 saturated heterocycles. The summed E-state index contributed by atoms with van der Waals surface area (Å²) in [7, 11) is 1.21. The zero-order valence-corrected chi connectivity index (χ0v) is 11.4. The predicted octanol–water partition coefficient (Wildman–Crippen LogP) is 2.40. The van der Waals surface area contributed by atoms with Gasteiger partial charge in [-0.05, 0) is 18.6 Å². The summed E-state index contributed by atoms with van der Waals surface area (Å²) in [5.41, 5.74) is 0.909. The summed E-state index contributed by atoms with van der Waals surface area (Å²) in [6.45, 7) is 1.57. The van der Waals surface area contributed by atoms with Crippen LogP contribution in [-0.4, -0.2) is 28.8 Å². The number of nitro benzene ring substituents is 1. The Kier molecular flexibility index (Phi) is 3.84. The molecule has 0 radical (unpaired) electrons. The van der Waals surface area contributed by atoms with E-state index in [0.717, 1.165) is 0 Å². The molecule has 0 fully saturated rings. The average molecular weight is 288 g/mol. The van der Waals surface area contributed by atoms with E-state index in [0.29, 0.717) is 11.3 Å². The second kappa shape index (κ2) is 5.58. The normalized spacial score (nSPS) is 16.1. The summed E-state index contributed by atoms with van der Waals surface area (Å²) in [6.07, 6.45) is 1.46. The van der Waals surface area contributed by atoms with E-state index in [1.165, 1.54) is 31.4 Å². The quantitative estimate of drug-likeness (QED) is 0.522. The SMILES string of the molecule is COC(=O)C1=C(O)/C(=C\c2cccc([N+](=O)[O-])c2)N=C1C. The molecular formula is C14H12N2O5. The summed E-state index contributed by atoms with van der Waals surface area (Å²) in [4.78, 5) is 25.8. The first-order valence-corrected chi connectivity index (χ1v) is 5.97. The maximum absolute atomic E-state index is 11.5. The number of nitro groups is 1. The van der Waals surface area contributed by atoms with Crippen molar-refractivity contribution in [2.45, 2.75) is 6.92 Å². The average Bonchev–Trinajstić information content (AvgIpc) is 2.73. The van der Waals surface area contributed by atoms with E-state index < -0.39 is 10.9 Å². The van der Waals surface area contributed by atoms with Crippen molar-refractivity contribution in [3.05, 3.63) is 57.0 Å². The number of hydrogen-bond acceptors (Lipinski definition) is 6. The number of carbonyl (C=O) groups is 1. The van der Waals surface area contributed by atoms with Crippen molar-refractivity contribution in [3.8, 4) is 0 Å². The molecule has 1 aliphatic heterocycles. The van der Waals surface area contributed by atoms with E-state index in [9.17, 15) is 20.0 Å². The number of esters is 1. The zero-order chi connectivity index (χ0) is 15.6. The molecule has 1 aromatic rings. The van der Waals surface area contributed by atoms with E-state index in [1.807, 2.05) is 0 Å². The molecule has 2 rings (SSSR count). The van der Waals surface area contributed by atoms with E-state index in [4.69, 9.17) is 0 Å². The van der Waals surface area contributed by atoms with Gasteiger partial charge in [0.25, 0.3) is 5.69 Å². The summed E-state index contributed by atoms with van der Waals surface area (Å²) < 4.78 is 4.57. The molecule has 0 atom stereocenters. The third kappa shape index (κ3) is 2.81. The van der Waals surface area contributed by atoms with Gasteiger partial charge in [0.05, 0.1) is 17.7 Å². The molecule has 0 aromatic heterocycles. The minimum Gasteiger partial charge on any atom is -0.505 e. The van der Waals surface area contributed by atoms with Crippen LogP contribution < -0.4 is 0 Å². The van der Waals surface area contributed by atoms with Gasteiger partial charge in [0.15, 0.2) is 5.76 Å². The highest BCUT2D eigenvalue weighted by molar-refractivity contribution is 6.21. The van der Waals surface area contributed by atoms with Gasteiger partial charge in [-0.15, -0.1) is 0 Å². The van der Waals surface area contributed by atoms with E-state index in [2.05, 4.69) is 9.73 Å². The number of aliphatic hydroxyl groups excluding tert-OH is 1. The van der Waals surface area contributed by atoms with Crippen LogP contribution in [0.15, 0.2) is 46.3 Å². The van der Waals surface area contributed by atoms with Crippen LogP contribution >= 0.6 is 0 Å². The lowest BCUT2D eigenvalue weighted by molar-refractivity contribution is -0.384. The minimum absolute atomic E-state index is 0.00539. The Labute approximate surface area is 120 Å². The first kappa shape index (κ1) is 14.4. The van der Waals surface area contributed by atoms with Crippen LogP contribution in [-0.2, 0) is 9.53 Å². The molecule has 1 heterocycles. The number of nitrogens with zero attached hydrogens (tertiary/aromatic N) is 2. The molecule has 0 amide bonds. The molecule has 0 unspecified atom stereocenters. The molecule has 7 nitrogen and oxygen atoms in total. The number of non-ortho nitro benzene ring substituents is 1. The van der Waals surface area contributed by atoms with Crippen LogP contribution in [0.5, 0.6) is 0 Å². The molecule has 21 heavy (non-hydrogen) atoms. The summed E-state index contributed by atoms with van der Waals surface area (Å²) >= 11 is 0. The van der Waals surface area contributed by atoms with Crippen LogP contribution in [0.1, 0.15) is 12.5 Å². The highest BCUT2D eigenvalue weighted by atomic mass is 16.6. The van der Waals surface area contributed by atoms with Gasteiger partial charge in [-0.25, -0.2) is 9.79 Å². The van der Waals surface area contributed by atoms with Crippen LogP contribution in [0, 0.1) is 10.1 Å². The third-order valence-electron chi connectivity index (χ3n) is 2.90. The fraction of sp³-hybridized carbons (Fsp3) is 0.143. The molecular weight excluding hydrogens is 276 g/mol. The molecule has 7 heteroatoms. The fourth-order valence-electron chi connectivity index (χ4n) is 1.92. The Balaban J connectivity index is 2.44. The van der Waals surface area contributed by atoms with E-state index >= 15 is 0 Å². The van der Waals surface area contributed by atoms with Gasteiger partial charge in [0, 0.05) is 12.1 Å². The molecule has 1 aliphatic rings. The predicted molar refractivity (Wildman–Crippen MR) is 75.9 cm³/mol. The van der Waals surface area contributed by atoms with Crippen LogP contribution in [0.3, 0.4) is 0 Å². The number of methoxy groups -OCH3 is 1. The van der Waals surface area contributed by atoms with E-state index in [1.54, 1.807) is 13.0 Å². The summed E-state index contributed by atoms with van der Waals surface area (Å²) in [5, 5.41) is 20.7. The Morgan fingerprint density at radius 2 is 2.19 bits per heavy atom. The van der Waals surface area contributed by atoms with Crippen molar-refractivity contribution in [1.29, 1.82) is 0 Å². The first-order valence-electron chi connectivity index (χ1n) is 5.97. The second-order valence-corrected chi connectivity index (χ2v) is 4.29. The third-order valence-corrected chi connectivity index (χ3v) is 2.90. The van der Waals surface area contributed by atoms with Crippen molar-refractivity contribution in [1.82, 2.24) is 0 Å². The number of benzene rings is 1. The lowest BCUT2D eigenvalue weighted by atomic mass is 10.1. The van der Waals surface area contributed by atoms with Crippen LogP contribution in [0.2, 0.25) is 0 Å². The Hall–Kier alpha value is -2.96. The Bertz CT molecular complexity index is 716. The van der Waals surface area contributed by atoms with Crippen molar-refractivity contribution >= 4 is 23.4 Å². The summed E-state index contributed by atoms with van der Waals surface area (Å²) in [6, 6.07) is 5.87. The van der Waals surface area contributed by atoms with Gasteiger partial charge in [-0.2, -0.15) is 0 Å². The number of carbonyl (C=O) groups excluding carboxylic acids is 1.